The van der Waals surface area contributed by atoms with Gasteiger partial charge in [0.1, 0.15) is 24.2 Å². The van der Waals surface area contributed by atoms with Gasteiger partial charge in [-0.25, -0.2) is 4.98 Å². The maximum absolute atomic E-state index is 13.5. The number of amides is 1. The molecule has 0 aliphatic carbocycles. The number of hydrogen-bond donors (Lipinski definition) is 1. The average molecular weight is 569 g/mol. The van der Waals surface area contributed by atoms with Crippen molar-refractivity contribution < 1.29 is 28.9 Å². The van der Waals surface area contributed by atoms with Gasteiger partial charge in [-0.1, -0.05) is 36.4 Å². The monoisotopic (exact) mass is 568 g/mol. The topological polar surface area (TPSA) is 98.2 Å². The van der Waals surface area contributed by atoms with Crippen molar-refractivity contribution in [3.05, 3.63) is 106 Å². The van der Waals surface area contributed by atoms with Gasteiger partial charge in [0.15, 0.2) is 16.6 Å². The molecule has 0 saturated carbocycles. The molecule has 41 heavy (non-hydrogen) atoms. The molecule has 1 saturated heterocycles. The Labute approximate surface area is 241 Å². The Hall–Kier alpha value is -4.63. The van der Waals surface area contributed by atoms with Crippen LogP contribution >= 0.6 is 11.3 Å². The summed E-state index contributed by atoms with van der Waals surface area (Å²) in [5, 5.41) is 13.6. The second-order valence-electron chi connectivity index (χ2n) is 9.85. The Bertz CT molecular complexity index is 1630. The Morgan fingerprint density at radius 2 is 1.90 bits per heavy atom. The van der Waals surface area contributed by atoms with Crippen LogP contribution in [0.25, 0.3) is 5.76 Å². The summed E-state index contributed by atoms with van der Waals surface area (Å²) in [6.45, 7) is 4.57. The van der Waals surface area contributed by atoms with Crippen LogP contribution in [-0.4, -0.2) is 34.5 Å². The number of carbonyl (C=O) groups is 2. The molecule has 3 aromatic carbocycles. The highest BCUT2D eigenvalue weighted by atomic mass is 32.1. The lowest BCUT2D eigenvalue weighted by molar-refractivity contribution is -0.132. The quantitative estimate of drug-likeness (QED) is 0.157. The van der Waals surface area contributed by atoms with Crippen LogP contribution in [0, 0.1) is 0 Å². The third-order valence-corrected chi connectivity index (χ3v) is 7.83. The van der Waals surface area contributed by atoms with Gasteiger partial charge in [0.2, 0.25) is 0 Å². The molecular weight excluding hydrogens is 540 g/mol. The number of aliphatic hydroxyl groups is 1. The maximum atomic E-state index is 13.5. The van der Waals surface area contributed by atoms with Crippen molar-refractivity contribution >= 4 is 33.9 Å². The van der Waals surface area contributed by atoms with Gasteiger partial charge in [0, 0.05) is 23.6 Å². The van der Waals surface area contributed by atoms with Gasteiger partial charge in [0.25, 0.3) is 5.78 Å². The number of aliphatic hydroxyl groups excluding tert-OH is 1. The number of thiazole rings is 1. The number of ketones is 1. The fourth-order valence-electron chi connectivity index (χ4n) is 5.22. The van der Waals surface area contributed by atoms with Crippen LogP contribution in [0.3, 0.4) is 0 Å². The van der Waals surface area contributed by atoms with E-state index in [1.54, 1.807) is 41.9 Å². The standard InChI is InChI=1S/C32H28N2O6S/c1-3-38-26-17-21(9-12-25(26)39-18-20-7-5-4-6-8-20)28-27(30(36)31(37)34(28)32-33-13-14-41-32)29(35)22-10-11-24-23(16-22)15-19(2)40-24/h4-14,16-17,19,28,35H,3,15,18H2,1-2H3/b29-27+/t19-,28-/m1/s1. The summed E-state index contributed by atoms with van der Waals surface area (Å²) in [4.78, 5) is 32.6. The number of ether oxygens (including phenoxy) is 3. The van der Waals surface area contributed by atoms with Gasteiger partial charge in [-0.3, -0.25) is 14.5 Å². The summed E-state index contributed by atoms with van der Waals surface area (Å²) in [6.07, 6.45) is 2.29. The fraction of sp³-hybridized carbons (Fsp3) is 0.219. The molecule has 0 bridgehead atoms. The number of nitrogens with zero attached hydrogens (tertiary/aromatic N) is 2. The first-order valence-electron chi connectivity index (χ1n) is 13.4. The third-order valence-electron chi connectivity index (χ3n) is 7.06. The number of Topliss-reactive ketones (excluding diaryl/α,β-unsaturated/α-hetero) is 1. The van der Waals surface area contributed by atoms with Gasteiger partial charge < -0.3 is 19.3 Å². The maximum Gasteiger partial charge on any atom is 0.301 e. The van der Waals surface area contributed by atoms with Crippen molar-refractivity contribution in [2.24, 2.45) is 0 Å². The minimum atomic E-state index is -0.924. The summed E-state index contributed by atoms with van der Waals surface area (Å²) in [7, 11) is 0. The molecule has 3 heterocycles. The molecule has 1 aromatic heterocycles. The third kappa shape index (κ3) is 5.04. The van der Waals surface area contributed by atoms with E-state index in [-0.39, 0.29) is 17.4 Å². The predicted molar refractivity (Wildman–Crippen MR) is 156 cm³/mol. The molecule has 4 aromatic rings. The zero-order valence-corrected chi connectivity index (χ0v) is 23.4. The number of aromatic nitrogens is 1. The number of anilines is 1. The van der Waals surface area contributed by atoms with E-state index < -0.39 is 17.7 Å². The van der Waals surface area contributed by atoms with E-state index in [2.05, 4.69) is 4.98 Å². The molecule has 1 amide bonds. The zero-order chi connectivity index (χ0) is 28.5. The highest BCUT2D eigenvalue weighted by Crippen LogP contribution is 2.45. The lowest BCUT2D eigenvalue weighted by atomic mass is 9.94. The van der Waals surface area contributed by atoms with E-state index in [1.165, 1.54) is 16.2 Å². The van der Waals surface area contributed by atoms with Crippen LogP contribution in [0.2, 0.25) is 0 Å². The largest absolute Gasteiger partial charge is 0.507 e. The van der Waals surface area contributed by atoms with Crippen LogP contribution in [0.15, 0.2) is 83.9 Å². The first kappa shape index (κ1) is 26.6. The van der Waals surface area contributed by atoms with Crippen molar-refractivity contribution in [3.63, 3.8) is 0 Å². The Morgan fingerprint density at radius 1 is 1.07 bits per heavy atom. The van der Waals surface area contributed by atoms with E-state index in [0.717, 1.165) is 16.9 Å². The van der Waals surface area contributed by atoms with Crippen molar-refractivity contribution in [2.45, 2.75) is 39.0 Å². The number of hydrogen-bond acceptors (Lipinski definition) is 8. The lowest BCUT2D eigenvalue weighted by Gasteiger charge is -2.24. The van der Waals surface area contributed by atoms with Crippen LogP contribution in [0.5, 0.6) is 17.2 Å². The molecule has 2 aliphatic heterocycles. The van der Waals surface area contributed by atoms with Crippen molar-refractivity contribution in [1.29, 1.82) is 0 Å². The van der Waals surface area contributed by atoms with Crippen molar-refractivity contribution in [3.8, 4) is 17.2 Å². The Morgan fingerprint density at radius 3 is 2.66 bits per heavy atom. The van der Waals surface area contributed by atoms with E-state index in [1.807, 2.05) is 50.2 Å². The molecule has 0 unspecified atom stereocenters. The Kier molecular flexibility index (Phi) is 7.19. The highest BCUT2D eigenvalue weighted by Gasteiger charge is 2.48. The number of rotatable bonds is 8. The zero-order valence-electron chi connectivity index (χ0n) is 22.6. The van der Waals surface area contributed by atoms with Gasteiger partial charge in [-0.05, 0) is 60.9 Å². The smallest absolute Gasteiger partial charge is 0.301 e. The molecule has 0 spiro atoms. The molecule has 6 rings (SSSR count). The number of fused-ring (bicyclic) bond motifs is 1. The summed E-state index contributed by atoms with van der Waals surface area (Å²) in [5.41, 5.74) is 2.94. The second-order valence-corrected chi connectivity index (χ2v) is 10.7. The van der Waals surface area contributed by atoms with Crippen molar-refractivity contribution in [2.75, 3.05) is 11.5 Å². The summed E-state index contributed by atoms with van der Waals surface area (Å²) in [6, 6.07) is 19.5. The summed E-state index contributed by atoms with van der Waals surface area (Å²) < 4.78 is 17.8. The molecular formula is C32H28N2O6S. The van der Waals surface area contributed by atoms with Crippen LogP contribution < -0.4 is 19.1 Å². The van der Waals surface area contributed by atoms with Gasteiger partial charge >= 0.3 is 5.91 Å². The normalized spacial score (nSPS) is 19.2. The van der Waals surface area contributed by atoms with Crippen LogP contribution in [0.1, 0.15) is 42.1 Å². The molecule has 2 aliphatic rings. The first-order valence-corrected chi connectivity index (χ1v) is 14.3. The molecule has 1 N–H and O–H groups in total. The van der Waals surface area contributed by atoms with E-state index in [9.17, 15) is 14.7 Å². The van der Waals surface area contributed by atoms with E-state index in [0.29, 0.717) is 47.4 Å². The molecule has 208 valence electrons. The minimum Gasteiger partial charge on any atom is -0.507 e. The molecule has 0 radical (unpaired) electrons. The van der Waals surface area contributed by atoms with Crippen LogP contribution in [0.4, 0.5) is 5.13 Å². The molecule has 9 heteroatoms. The summed E-state index contributed by atoms with van der Waals surface area (Å²) >= 11 is 1.24. The number of benzene rings is 3. The van der Waals surface area contributed by atoms with Crippen molar-refractivity contribution in [1.82, 2.24) is 4.98 Å². The molecule has 8 nitrogen and oxygen atoms in total. The Balaban J connectivity index is 1.44. The number of carbonyl (C=O) groups excluding carboxylic acids is 2. The average Bonchev–Trinajstić information content (AvgIpc) is 3.70. The first-order chi connectivity index (χ1) is 19.9. The second kappa shape index (κ2) is 11.1. The SMILES string of the molecule is CCOc1cc([C@@H]2/C(=C(\O)c3ccc4c(c3)C[C@@H](C)O4)C(=O)C(=O)N2c2nccs2)ccc1OCc1ccccc1. The van der Waals surface area contributed by atoms with E-state index in [4.69, 9.17) is 14.2 Å². The van der Waals surface area contributed by atoms with Gasteiger partial charge in [0.05, 0.1) is 18.2 Å². The van der Waals surface area contributed by atoms with Gasteiger partial charge in [-0.15, -0.1) is 11.3 Å². The lowest BCUT2D eigenvalue weighted by Crippen LogP contribution is -2.29. The summed E-state index contributed by atoms with van der Waals surface area (Å²) in [5.74, 6) is -0.0479. The molecule has 2 atom stereocenters. The predicted octanol–water partition coefficient (Wildman–Crippen LogP) is 6.07. The van der Waals surface area contributed by atoms with Gasteiger partial charge in [-0.2, -0.15) is 0 Å². The fourth-order valence-corrected chi connectivity index (χ4v) is 5.89. The molecule has 1 fully saturated rings. The van der Waals surface area contributed by atoms with Crippen LogP contribution in [-0.2, 0) is 22.6 Å². The minimum absolute atomic E-state index is 0.0162. The van der Waals surface area contributed by atoms with E-state index >= 15 is 0 Å². The highest BCUT2D eigenvalue weighted by molar-refractivity contribution is 7.14.